The number of nitrogens with one attached hydrogen (secondary N) is 1. The van der Waals surface area contributed by atoms with Crippen LogP contribution in [0, 0.1) is 29.6 Å². The van der Waals surface area contributed by atoms with Crippen LogP contribution in [0.3, 0.4) is 0 Å². The molecule has 0 aliphatic carbocycles. The number of nitrogens with zero attached hydrogens (tertiary/aromatic N) is 4. The van der Waals surface area contributed by atoms with Gasteiger partial charge in [0, 0.05) is 56.2 Å². The highest BCUT2D eigenvalue weighted by molar-refractivity contribution is 5.95. The molecule has 35 heavy (non-hydrogen) atoms. The topological polar surface area (TPSA) is 89.3 Å². The molecule has 2 aliphatic rings. The molecule has 0 saturated carbocycles. The lowest BCUT2D eigenvalue weighted by Crippen LogP contribution is -2.48. The molecule has 1 unspecified atom stereocenters. The summed E-state index contributed by atoms with van der Waals surface area (Å²) in [7, 11) is 1.56. The highest BCUT2D eigenvalue weighted by Gasteiger charge is 2.52. The summed E-state index contributed by atoms with van der Waals surface area (Å²) in [6.45, 7) is 3.38. The summed E-state index contributed by atoms with van der Waals surface area (Å²) in [6, 6.07) is 8.82. The summed E-state index contributed by atoms with van der Waals surface area (Å²) >= 11 is 0. The number of piperidine rings is 1. The molecule has 0 radical (unpaired) electrons. The first kappa shape index (κ1) is 24.5. The van der Waals surface area contributed by atoms with Crippen LogP contribution in [0.5, 0.6) is 0 Å². The Morgan fingerprint density at radius 3 is 2.49 bits per heavy atom. The fourth-order valence-electron chi connectivity index (χ4n) is 5.21. The number of amides is 2. The quantitative estimate of drug-likeness (QED) is 0.720. The van der Waals surface area contributed by atoms with E-state index in [1.165, 1.54) is 18.3 Å². The molecule has 2 aromatic rings. The van der Waals surface area contributed by atoms with Gasteiger partial charge < -0.3 is 15.1 Å². The Bertz CT molecular complexity index is 1170. The predicted octanol–water partition coefficient (Wildman–Crippen LogP) is 3.39. The number of rotatable bonds is 3. The zero-order valence-electron chi connectivity index (χ0n) is 19.5. The normalized spacial score (nSPS) is 19.5. The number of carbonyl (C=O) groups excluding carboxylic acids is 2. The van der Waals surface area contributed by atoms with E-state index in [0.29, 0.717) is 43.7 Å². The number of pyridine rings is 1. The summed E-state index contributed by atoms with van der Waals surface area (Å²) in [5, 5.41) is 11.8. The third kappa shape index (κ3) is 4.67. The van der Waals surface area contributed by atoms with Gasteiger partial charge in [0.25, 0.3) is 5.91 Å². The Balaban J connectivity index is 1.55. The van der Waals surface area contributed by atoms with E-state index < -0.39 is 28.6 Å². The van der Waals surface area contributed by atoms with Crippen molar-refractivity contribution in [1.82, 2.24) is 15.2 Å². The lowest BCUT2D eigenvalue weighted by atomic mass is 9.70. The predicted molar refractivity (Wildman–Crippen MR) is 122 cm³/mol. The van der Waals surface area contributed by atoms with Gasteiger partial charge in [-0.3, -0.25) is 14.6 Å². The van der Waals surface area contributed by atoms with Gasteiger partial charge in [-0.05, 0) is 50.1 Å². The Kier molecular flexibility index (Phi) is 6.45. The highest BCUT2D eigenvalue weighted by Crippen LogP contribution is 2.46. The second-order valence-electron chi connectivity index (χ2n) is 9.23. The maximum absolute atomic E-state index is 13.4. The number of alkyl halides is 3. The van der Waals surface area contributed by atoms with Crippen LogP contribution in [-0.2, 0) is 11.0 Å². The third-order valence-electron chi connectivity index (χ3n) is 7.21. The zero-order valence-corrected chi connectivity index (χ0v) is 19.5. The van der Waals surface area contributed by atoms with Crippen molar-refractivity contribution in [2.24, 2.45) is 11.3 Å². The molecule has 2 saturated heterocycles. The molecular weight excluding hydrogens is 459 g/mol. The van der Waals surface area contributed by atoms with Crippen LogP contribution in [0.15, 0.2) is 36.5 Å². The van der Waals surface area contributed by atoms with E-state index in [-0.39, 0.29) is 18.4 Å². The molecule has 1 N–H and O–H groups in total. The zero-order chi connectivity index (χ0) is 25.4. The van der Waals surface area contributed by atoms with E-state index in [1.807, 2.05) is 11.8 Å². The molecule has 1 spiro atoms. The maximum Gasteiger partial charge on any atom is 0.417 e. The number of benzene rings is 1. The summed E-state index contributed by atoms with van der Waals surface area (Å²) < 4.78 is 40.3. The Morgan fingerprint density at radius 2 is 1.91 bits per heavy atom. The van der Waals surface area contributed by atoms with E-state index in [2.05, 4.69) is 10.3 Å². The maximum atomic E-state index is 13.4. The minimum absolute atomic E-state index is 0.145. The highest BCUT2D eigenvalue weighted by atomic mass is 19.4. The molecule has 2 aliphatic heterocycles. The van der Waals surface area contributed by atoms with Crippen molar-refractivity contribution < 1.29 is 22.8 Å². The monoisotopic (exact) mass is 485 g/mol. The van der Waals surface area contributed by atoms with Gasteiger partial charge in [0.1, 0.15) is 0 Å². The Morgan fingerprint density at radius 1 is 1.20 bits per heavy atom. The van der Waals surface area contributed by atoms with Gasteiger partial charge in [-0.15, -0.1) is 0 Å². The number of hydrogen-bond acceptors (Lipinski definition) is 5. The molecule has 0 bridgehead atoms. The van der Waals surface area contributed by atoms with Crippen molar-refractivity contribution in [2.45, 2.75) is 25.9 Å². The number of aromatic nitrogens is 1. The molecule has 2 fully saturated rings. The number of likely N-dealkylation sites (tertiary alicyclic amines) is 1. The summed E-state index contributed by atoms with van der Waals surface area (Å²) in [5.41, 5.74) is -0.191. The van der Waals surface area contributed by atoms with Crippen molar-refractivity contribution >= 4 is 17.5 Å². The smallest absolute Gasteiger partial charge is 0.371 e. The number of aryl methyl sites for hydroxylation is 1. The van der Waals surface area contributed by atoms with Crippen molar-refractivity contribution in [3.8, 4) is 6.07 Å². The standard InChI is InChI=1S/C25H26F3N5O2/c1-16-3-4-18(13-31-16)23(35)33-14-21(22(34)30-2)24(15-33)7-9-32(10-8-24)19-6-5-17(12-29)20(11-19)25(26,27)28/h3-6,11,13,21H,7-10,14-15H2,1-2H3,(H,30,34). The molecule has 1 aromatic heterocycles. The van der Waals surface area contributed by atoms with Gasteiger partial charge in [0.05, 0.1) is 28.7 Å². The van der Waals surface area contributed by atoms with Crippen LogP contribution >= 0.6 is 0 Å². The first-order chi connectivity index (χ1) is 16.6. The molecule has 3 heterocycles. The van der Waals surface area contributed by atoms with Gasteiger partial charge in [-0.25, -0.2) is 0 Å². The van der Waals surface area contributed by atoms with Gasteiger partial charge in [0.15, 0.2) is 0 Å². The summed E-state index contributed by atoms with van der Waals surface area (Å²) in [4.78, 5) is 33.6. The number of carbonyl (C=O) groups is 2. The first-order valence-corrected chi connectivity index (χ1v) is 11.4. The number of halogens is 3. The molecular formula is C25H26F3N5O2. The van der Waals surface area contributed by atoms with Crippen LogP contribution in [0.2, 0.25) is 0 Å². The minimum atomic E-state index is -4.63. The van der Waals surface area contributed by atoms with E-state index >= 15 is 0 Å². The van der Waals surface area contributed by atoms with Gasteiger partial charge in [-0.1, -0.05) is 0 Å². The van der Waals surface area contributed by atoms with Gasteiger partial charge in [0.2, 0.25) is 5.91 Å². The summed E-state index contributed by atoms with van der Waals surface area (Å²) in [5.74, 6) is -0.746. The second kappa shape index (κ2) is 9.21. The molecule has 7 nitrogen and oxygen atoms in total. The largest absolute Gasteiger partial charge is 0.417 e. The Labute approximate surface area is 201 Å². The lowest BCUT2D eigenvalue weighted by molar-refractivity contribution is -0.137. The van der Waals surface area contributed by atoms with Crippen LogP contribution in [0.25, 0.3) is 0 Å². The van der Waals surface area contributed by atoms with Gasteiger partial charge >= 0.3 is 6.18 Å². The third-order valence-corrected chi connectivity index (χ3v) is 7.21. The SMILES string of the molecule is CNC(=O)C1CN(C(=O)c2ccc(C)nc2)CC12CCN(c1ccc(C#N)c(C(F)(F)F)c1)CC2. The molecule has 1 aromatic carbocycles. The van der Waals surface area contributed by atoms with Crippen molar-refractivity contribution in [1.29, 1.82) is 5.26 Å². The molecule has 2 amide bonds. The van der Waals surface area contributed by atoms with Crippen LogP contribution in [0.1, 0.15) is 40.0 Å². The second-order valence-corrected chi connectivity index (χ2v) is 9.23. The average molecular weight is 486 g/mol. The van der Waals surface area contributed by atoms with Crippen molar-refractivity contribution in [2.75, 3.05) is 38.1 Å². The lowest BCUT2D eigenvalue weighted by Gasteiger charge is -2.43. The van der Waals surface area contributed by atoms with Crippen molar-refractivity contribution in [3.63, 3.8) is 0 Å². The van der Waals surface area contributed by atoms with Crippen LogP contribution < -0.4 is 10.2 Å². The average Bonchev–Trinajstić information content (AvgIpc) is 3.21. The fourth-order valence-corrected chi connectivity index (χ4v) is 5.21. The van der Waals surface area contributed by atoms with Crippen LogP contribution in [0.4, 0.5) is 18.9 Å². The fraction of sp³-hybridized carbons (Fsp3) is 0.440. The van der Waals surface area contributed by atoms with Gasteiger partial charge in [-0.2, -0.15) is 18.4 Å². The molecule has 1 atom stereocenters. The van der Waals surface area contributed by atoms with Crippen LogP contribution in [-0.4, -0.2) is 54.9 Å². The molecule has 10 heteroatoms. The minimum Gasteiger partial charge on any atom is -0.371 e. The Hall–Kier alpha value is -3.61. The molecule has 4 rings (SSSR count). The van der Waals surface area contributed by atoms with E-state index in [4.69, 9.17) is 5.26 Å². The van der Waals surface area contributed by atoms with E-state index in [9.17, 15) is 22.8 Å². The number of hydrogen-bond donors (Lipinski definition) is 1. The first-order valence-electron chi connectivity index (χ1n) is 11.4. The van der Waals surface area contributed by atoms with Crippen molar-refractivity contribution in [3.05, 3.63) is 58.9 Å². The molecule has 184 valence electrons. The number of anilines is 1. The van der Waals surface area contributed by atoms with E-state index in [0.717, 1.165) is 11.8 Å². The number of nitriles is 1. The van der Waals surface area contributed by atoms with E-state index in [1.54, 1.807) is 30.1 Å². The summed E-state index contributed by atoms with van der Waals surface area (Å²) in [6.07, 6.45) is -2.01.